The molecular formula is C20H23NO2. The Morgan fingerprint density at radius 1 is 1.09 bits per heavy atom. The van der Waals surface area contributed by atoms with Crippen molar-refractivity contribution in [2.24, 2.45) is 0 Å². The van der Waals surface area contributed by atoms with E-state index in [1.807, 2.05) is 12.1 Å². The van der Waals surface area contributed by atoms with Crippen LogP contribution in [0.2, 0.25) is 0 Å². The maximum absolute atomic E-state index is 10.3. The Labute approximate surface area is 137 Å². The van der Waals surface area contributed by atoms with Gasteiger partial charge in [-0.25, -0.2) is 0 Å². The molecule has 120 valence electrons. The van der Waals surface area contributed by atoms with Gasteiger partial charge in [0, 0.05) is 18.5 Å². The minimum atomic E-state index is 0.247. The molecule has 3 heteroatoms. The molecule has 0 amide bonds. The van der Waals surface area contributed by atoms with Crippen molar-refractivity contribution >= 4 is 0 Å². The largest absolute Gasteiger partial charge is 0.504 e. The lowest BCUT2D eigenvalue weighted by Gasteiger charge is -2.38. The van der Waals surface area contributed by atoms with Crippen LogP contribution in [-0.4, -0.2) is 36.8 Å². The van der Waals surface area contributed by atoms with Crippen LogP contribution in [0.5, 0.6) is 11.5 Å². The van der Waals surface area contributed by atoms with Crippen molar-refractivity contribution in [3.8, 4) is 11.5 Å². The van der Waals surface area contributed by atoms with Gasteiger partial charge in [-0.2, -0.15) is 0 Å². The van der Waals surface area contributed by atoms with Gasteiger partial charge in [0.15, 0.2) is 11.5 Å². The molecule has 1 N–H and O–H groups in total. The van der Waals surface area contributed by atoms with E-state index in [0.717, 1.165) is 25.8 Å². The predicted molar refractivity (Wildman–Crippen MR) is 91.4 cm³/mol. The minimum absolute atomic E-state index is 0.247. The number of hydrogen-bond donors (Lipinski definition) is 1. The van der Waals surface area contributed by atoms with Crippen LogP contribution in [0.25, 0.3) is 0 Å². The molecule has 0 saturated heterocycles. The third-order valence-corrected chi connectivity index (χ3v) is 5.56. The van der Waals surface area contributed by atoms with Crippen molar-refractivity contribution < 1.29 is 9.84 Å². The number of methoxy groups -OCH3 is 1. The summed E-state index contributed by atoms with van der Waals surface area (Å²) in [7, 11) is 3.85. The Hall–Kier alpha value is -2.00. The summed E-state index contributed by atoms with van der Waals surface area (Å²) in [5.41, 5.74) is 5.44. The number of aryl methyl sites for hydroxylation is 1. The highest BCUT2D eigenvalue weighted by atomic mass is 16.5. The van der Waals surface area contributed by atoms with Crippen LogP contribution in [0.15, 0.2) is 36.4 Å². The first-order chi connectivity index (χ1) is 11.2. The molecule has 4 rings (SSSR count). The number of nitrogens with zero attached hydrogens (tertiary/aromatic N) is 1. The first kappa shape index (κ1) is 14.6. The predicted octanol–water partition coefficient (Wildman–Crippen LogP) is 3.34. The third-order valence-electron chi connectivity index (χ3n) is 5.56. The zero-order valence-electron chi connectivity index (χ0n) is 13.7. The summed E-state index contributed by atoms with van der Waals surface area (Å²) in [5.74, 6) is 1.16. The van der Waals surface area contributed by atoms with Gasteiger partial charge in [0.25, 0.3) is 0 Å². The molecule has 2 aromatic rings. The molecule has 0 fully saturated rings. The van der Waals surface area contributed by atoms with Crippen molar-refractivity contribution in [2.75, 3.05) is 20.7 Å². The Balaban J connectivity index is 1.91. The minimum Gasteiger partial charge on any atom is -0.504 e. The van der Waals surface area contributed by atoms with Crippen molar-refractivity contribution in [3.05, 3.63) is 58.7 Å². The second kappa shape index (κ2) is 5.57. The summed E-state index contributed by atoms with van der Waals surface area (Å²) in [5, 5.41) is 10.3. The van der Waals surface area contributed by atoms with Gasteiger partial charge in [-0.1, -0.05) is 24.3 Å². The van der Waals surface area contributed by atoms with Gasteiger partial charge < -0.3 is 14.7 Å². The second-order valence-corrected chi connectivity index (χ2v) is 6.74. The lowest BCUT2D eigenvalue weighted by Crippen LogP contribution is -2.39. The fourth-order valence-corrected chi connectivity index (χ4v) is 4.35. The van der Waals surface area contributed by atoms with Crippen LogP contribution in [-0.2, 0) is 12.8 Å². The molecule has 1 aliphatic carbocycles. The summed E-state index contributed by atoms with van der Waals surface area (Å²) >= 11 is 0. The zero-order chi connectivity index (χ0) is 16.0. The van der Waals surface area contributed by atoms with Gasteiger partial charge in [-0.05, 0) is 60.7 Å². The quantitative estimate of drug-likeness (QED) is 0.877. The highest BCUT2D eigenvalue weighted by molar-refractivity contribution is 5.53. The summed E-state index contributed by atoms with van der Waals surface area (Å²) in [4.78, 5) is 2.49. The van der Waals surface area contributed by atoms with Gasteiger partial charge in [-0.15, -0.1) is 0 Å². The van der Waals surface area contributed by atoms with Crippen molar-refractivity contribution in [2.45, 2.75) is 31.2 Å². The summed E-state index contributed by atoms with van der Waals surface area (Å²) < 4.78 is 5.30. The van der Waals surface area contributed by atoms with Crippen molar-refractivity contribution in [1.29, 1.82) is 0 Å². The number of benzene rings is 2. The summed E-state index contributed by atoms with van der Waals surface area (Å²) in [6, 6.07) is 13.2. The Morgan fingerprint density at radius 3 is 2.74 bits per heavy atom. The van der Waals surface area contributed by atoms with Crippen LogP contribution in [0.4, 0.5) is 0 Å². The van der Waals surface area contributed by atoms with Crippen LogP contribution in [0.3, 0.4) is 0 Å². The number of likely N-dealkylation sites (N-methyl/N-ethyl adjacent to an activating group) is 1. The smallest absolute Gasteiger partial charge is 0.160 e. The maximum Gasteiger partial charge on any atom is 0.160 e. The second-order valence-electron chi connectivity index (χ2n) is 6.74. The topological polar surface area (TPSA) is 32.7 Å². The SMILES string of the molecule is COc1cc2c(cc1O)C1c3ccccc3CCN(C)C1CC2. The highest BCUT2D eigenvalue weighted by Crippen LogP contribution is 2.45. The Kier molecular flexibility index (Phi) is 3.53. The summed E-state index contributed by atoms with van der Waals surface area (Å²) in [6.07, 6.45) is 3.28. The summed E-state index contributed by atoms with van der Waals surface area (Å²) in [6.45, 7) is 1.09. The molecule has 23 heavy (non-hydrogen) atoms. The standard InChI is InChI=1S/C20H23NO2/c1-21-10-9-13-5-3-4-6-15(13)20-16-12-18(22)19(23-2)11-14(16)7-8-17(20)21/h3-6,11-12,17,20,22H,7-10H2,1-2H3. The Bertz CT molecular complexity index is 740. The number of hydrogen-bond acceptors (Lipinski definition) is 3. The third kappa shape index (κ3) is 2.31. The first-order valence-electron chi connectivity index (χ1n) is 8.37. The molecule has 2 atom stereocenters. The number of ether oxygens (including phenoxy) is 1. The molecule has 2 aromatic carbocycles. The van der Waals surface area contributed by atoms with E-state index in [1.54, 1.807) is 7.11 Å². The molecule has 2 aliphatic rings. The molecule has 0 bridgehead atoms. The maximum atomic E-state index is 10.3. The van der Waals surface area contributed by atoms with E-state index < -0.39 is 0 Å². The van der Waals surface area contributed by atoms with E-state index in [1.165, 1.54) is 22.3 Å². The first-order valence-corrected chi connectivity index (χ1v) is 8.37. The monoisotopic (exact) mass is 309 g/mol. The molecule has 1 aliphatic heterocycles. The molecule has 0 aromatic heterocycles. The molecule has 1 heterocycles. The molecule has 3 nitrogen and oxygen atoms in total. The fraction of sp³-hybridized carbons (Fsp3) is 0.400. The molecular weight excluding hydrogens is 286 g/mol. The van der Waals surface area contributed by atoms with Crippen molar-refractivity contribution in [3.63, 3.8) is 0 Å². The van der Waals surface area contributed by atoms with Crippen LogP contribution < -0.4 is 4.74 Å². The van der Waals surface area contributed by atoms with Crippen LogP contribution >= 0.6 is 0 Å². The van der Waals surface area contributed by atoms with E-state index in [2.05, 4.69) is 36.2 Å². The van der Waals surface area contributed by atoms with E-state index in [4.69, 9.17) is 4.74 Å². The highest BCUT2D eigenvalue weighted by Gasteiger charge is 2.36. The molecule has 0 radical (unpaired) electrons. The molecule has 0 spiro atoms. The van der Waals surface area contributed by atoms with Crippen LogP contribution in [0.1, 0.15) is 34.6 Å². The number of rotatable bonds is 1. The molecule has 2 unspecified atom stereocenters. The van der Waals surface area contributed by atoms with E-state index in [9.17, 15) is 5.11 Å². The number of phenolic OH excluding ortho intramolecular Hbond substituents is 1. The number of fused-ring (bicyclic) bond motifs is 5. The van der Waals surface area contributed by atoms with Crippen molar-refractivity contribution in [1.82, 2.24) is 4.90 Å². The van der Waals surface area contributed by atoms with E-state index in [0.29, 0.717) is 17.7 Å². The average Bonchev–Trinajstić information content (AvgIpc) is 2.72. The van der Waals surface area contributed by atoms with Gasteiger partial charge in [0.2, 0.25) is 0 Å². The number of phenols is 1. The lowest BCUT2D eigenvalue weighted by molar-refractivity contribution is 0.213. The van der Waals surface area contributed by atoms with Crippen LogP contribution in [0, 0.1) is 0 Å². The number of aromatic hydroxyl groups is 1. The Morgan fingerprint density at radius 2 is 1.91 bits per heavy atom. The average molecular weight is 309 g/mol. The van der Waals surface area contributed by atoms with Gasteiger partial charge in [0.1, 0.15) is 0 Å². The molecule has 0 saturated carbocycles. The fourth-order valence-electron chi connectivity index (χ4n) is 4.35. The van der Waals surface area contributed by atoms with Gasteiger partial charge >= 0.3 is 0 Å². The van der Waals surface area contributed by atoms with Gasteiger partial charge in [-0.3, -0.25) is 0 Å². The lowest BCUT2D eigenvalue weighted by atomic mass is 9.74. The normalized spacial score (nSPS) is 23.4. The van der Waals surface area contributed by atoms with Gasteiger partial charge in [0.05, 0.1) is 7.11 Å². The zero-order valence-corrected chi connectivity index (χ0v) is 13.7. The van der Waals surface area contributed by atoms with E-state index >= 15 is 0 Å². The van der Waals surface area contributed by atoms with E-state index in [-0.39, 0.29) is 5.75 Å².